The molecule has 0 radical (unpaired) electrons. The second-order valence-electron chi connectivity index (χ2n) is 15.3. The summed E-state index contributed by atoms with van der Waals surface area (Å²) in [6, 6.07) is 77.7. The fourth-order valence-corrected chi connectivity index (χ4v) is 10.5. The average Bonchev–Trinajstić information content (AvgIpc) is 3.86. The Kier molecular flexibility index (Phi) is 7.75. The highest BCUT2D eigenvalue weighted by Gasteiger charge is 2.20. The zero-order valence-corrected chi connectivity index (χ0v) is 32.9. The van der Waals surface area contributed by atoms with Crippen LogP contribution in [-0.4, -0.2) is 4.40 Å². The van der Waals surface area contributed by atoms with Crippen molar-refractivity contribution in [2.24, 2.45) is 0 Å². The van der Waals surface area contributed by atoms with Gasteiger partial charge in [-0.1, -0.05) is 158 Å². The third-order valence-electron chi connectivity index (χ3n) is 12.0. The molecular formula is C56H36N2S. The van der Waals surface area contributed by atoms with E-state index < -0.39 is 0 Å². The van der Waals surface area contributed by atoms with E-state index in [2.05, 4.69) is 228 Å². The molecule has 3 heterocycles. The Hall–Kier alpha value is -7.46. The van der Waals surface area contributed by atoms with Gasteiger partial charge in [-0.2, -0.15) is 0 Å². The number of hydrogen-bond acceptors (Lipinski definition) is 2. The molecule has 12 rings (SSSR count). The molecule has 0 atom stereocenters. The summed E-state index contributed by atoms with van der Waals surface area (Å²) >= 11 is 1.87. The predicted octanol–water partition coefficient (Wildman–Crippen LogP) is 16.2. The fraction of sp³-hybridized carbons (Fsp3) is 0. The Balaban J connectivity index is 1.01. The minimum atomic E-state index is 1.12. The summed E-state index contributed by atoms with van der Waals surface area (Å²) in [4.78, 5) is 2.43. The molecule has 0 aliphatic heterocycles. The van der Waals surface area contributed by atoms with Crippen LogP contribution >= 0.6 is 11.3 Å². The summed E-state index contributed by atoms with van der Waals surface area (Å²) < 4.78 is 4.91. The molecule has 0 aliphatic rings. The number of nitrogens with zero attached hydrogens (tertiary/aromatic N) is 2. The number of pyridine rings is 1. The van der Waals surface area contributed by atoms with Crippen LogP contribution in [-0.2, 0) is 0 Å². The smallest absolute Gasteiger partial charge is 0.0640 e. The van der Waals surface area contributed by atoms with Crippen LogP contribution < -0.4 is 4.90 Å². The van der Waals surface area contributed by atoms with E-state index in [0.717, 1.165) is 11.4 Å². The first kappa shape index (κ1) is 33.7. The number of benzene rings is 9. The van der Waals surface area contributed by atoms with E-state index in [1.54, 1.807) is 0 Å². The molecule has 3 heteroatoms. The molecule has 0 saturated heterocycles. The lowest BCUT2D eigenvalue weighted by molar-refractivity contribution is 1.26. The van der Waals surface area contributed by atoms with Crippen LogP contribution in [0.15, 0.2) is 219 Å². The molecular weight excluding hydrogens is 733 g/mol. The zero-order chi connectivity index (χ0) is 38.9. The van der Waals surface area contributed by atoms with Gasteiger partial charge in [0.05, 0.1) is 21.4 Å². The van der Waals surface area contributed by atoms with Crippen LogP contribution in [0, 0.1) is 0 Å². The second kappa shape index (κ2) is 13.6. The number of hydrogen-bond donors (Lipinski definition) is 0. The molecule has 0 unspecified atom stereocenters. The summed E-state index contributed by atoms with van der Waals surface area (Å²) in [5, 5.41) is 8.89. The minimum Gasteiger partial charge on any atom is -0.316 e. The highest BCUT2D eigenvalue weighted by atomic mass is 32.1. The van der Waals surface area contributed by atoms with Crippen molar-refractivity contribution in [2.45, 2.75) is 0 Å². The largest absolute Gasteiger partial charge is 0.316 e. The number of fused-ring (bicyclic) bond motifs is 9. The van der Waals surface area contributed by atoms with E-state index in [0.29, 0.717) is 0 Å². The summed E-state index contributed by atoms with van der Waals surface area (Å²) in [7, 11) is 0. The number of anilines is 3. The third-order valence-corrected chi connectivity index (χ3v) is 13.2. The van der Waals surface area contributed by atoms with Crippen molar-refractivity contribution in [3.63, 3.8) is 0 Å². The molecule has 12 aromatic rings. The lowest BCUT2D eigenvalue weighted by Crippen LogP contribution is -2.10. The lowest BCUT2D eigenvalue weighted by atomic mass is 9.93. The van der Waals surface area contributed by atoms with Crippen molar-refractivity contribution in [1.82, 2.24) is 4.40 Å². The van der Waals surface area contributed by atoms with Gasteiger partial charge in [-0.3, -0.25) is 0 Å². The van der Waals surface area contributed by atoms with E-state index in [1.807, 2.05) is 11.3 Å². The van der Waals surface area contributed by atoms with E-state index in [1.165, 1.54) is 97.2 Å². The quantitative estimate of drug-likeness (QED) is 0.163. The molecule has 59 heavy (non-hydrogen) atoms. The zero-order valence-electron chi connectivity index (χ0n) is 32.1. The summed E-state index contributed by atoms with van der Waals surface area (Å²) in [5.74, 6) is 0. The molecule has 0 aliphatic carbocycles. The van der Waals surface area contributed by atoms with E-state index in [-0.39, 0.29) is 0 Å². The van der Waals surface area contributed by atoms with Crippen molar-refractivity contribution < 1.29 is 0 Å². The van der Waals surface area contributed by atoms with Gasteiger partial charge in [0.2, 0.25) is 0 Å². The molecule has 3 aromatic heterocycles. The van der Waals surface area contributed by atoms with Gasteiger partial charge in [-0.05, 0) is 104 Å². The molecule has 0 fully saturated rings. The second-order valence-corrected chi connectivity index (χ2v) is 16.3. The van der Waals surface area contributed by atoms with Gasteiger partial charge < -0.3 is 9.30 Å². The topological polar surface area (TPSA) is 7.65 Å². The Bertz CT molecular complexity index is 3540. The maximum atomic E-state index is 2.43. The van der Waals surface area contributed by atoms with Gasteiger partial charge in [0.25, 0.3) is 0 Å². The summed E-state index contributed by atoms with van der Waals surface area (Å²) in [6.45, 7) is 0. The standard InChI is InChI=1S/C56H36N2S/c1-2-14-40(15-3-1)54-50-23-8-9-36-57(50)51-35-34-46-45(20-11-21-48(46)55(51)54)39-28-32-42(33-29-39)58(52-24-12-22-49-47-18-6-7-25-53(47)59-56(49)52)41-30-26-38(27-31-41)44-19-10-16-37-13-4-5-17-43(37)44/h1-36H. The van der Waals surface area contributed by atoms with E-state index in [9.17, 15) is 0 Å². The molecule has 0 saturated carbocycles. The minimum absolute atomic E-state index is 1.12. The van der Waals surface area contributed by atoms with Gasteiger partial charge in [0, 0.05) is 44.0 Å². The lowest BCUT2D eigenvalue weighted by Gasteiger charge is -2.26. The first-order valence-corrected chi connectivity index (χ1v) is 21.0. The molecule has 0 bridgehead atoms. The van der Waals surface area contributed by atoms with Crippen molar-refractivity contribution >= 4 is 86.5 Å². The van der Waals surface area contributed by atoms with Crippen LogP contribution in [0.1, 0.15) is 0 Å². The molecule has 0 N–H and O–H groups in total. The molecule has 0 amide bonds. The number of aromatic nitrogens is 1. The molecule has 0 spiro atoms. The Morgan fingerprint density at radius 3 is 1.78 bits per heavy atom. The first-order chi connectivity index (χ1) is 29.3. The summed E-state index contributed by atoms with van der Waals surface area (Å²) in [6.07, 6.45) is 2.18. The van der Waals surface area contributed by atoms with Crippen molar-refractivity contribution in [3.8, 4) is 33.4 Å². The van der Waals surface area contributed by atoms with Crippen LogP contribution in [0.3, 0.4) is 0 Å². The van der Waals surface area contributed by atoms with Crippen molar-refractivity contribution in [3.05, 3.63) is 219 Å². The summed E-state index contributed by atoms with van der Waals surface area (Å²) in [5.41, 5.74) is 13.2. The molecule has 9 aromatic carbocycles. The van der Waals surface area contributed by atoms with Gasteiger partial charge in [0.1, 0.15) is 0 Å². The van der Waals surface area contributed by atoms with Crippen LogP contribution in [0.5, 0.6) is 0 Å². The number of rotatable bonds is 6. The van der Waals surface area contributed by atoms with E-state index in [4.69, 9.17) is 0 Å². The number of thiophene rings is 1. The van der Waals surface area contributed by atoms with Crippen molar-refractivity contribution in [2.75, 3.05) is 4.90 Å². The van der Waals surface area contributed by atoms with Gasteiger partial charge in [-0.25, -0.2) is 0 Å². The Morgan fingerprint density at radius 1 is 0.373 bits per heavy atom. The van der Waals surface area contributed by atoms with Crippen LogP contribution in [0.4, 0.5) is 17.1 Å². The third kappa shape index (κ3) is 5.40. The van der Waals surface area contributed by atoms with Gasteiger partial charge in [0.15, 0.2) is 0 Å². The highest BCUT2D eigenvalue weighted by molar-refractivity contribution is 7.26. The Labute approximate surface area is 346 Å². The van der Waals surface area contributed by atoms with Crippen LogP contribution in [0.25, 0.3) is 91.5 Å². The average molecular weight is 769 g/mol. The molecule has 276 valence electrons. The first-order valence-electron chi connectivity index (χ1n) is 20.2. The Morgan fingerprint density at radius 2 is 0.983 bits per heavy atom. The van der Waals surface area contributed by atoms with E-state index >= 15 is 0 Å². The monoisotopic (exact) mass is 768 g/mol. The normalized spacial score (nSPS) is 11.7. The van der Waals surface area contributed by atoms with Gasteiger partial charge >= 0.3 is 0 Å². The highest BCUT2D eigenvalue weighted by Crippen LogP contribution is 2.46. The maximum Gasteiger partial charge on any atom is 0.0640 e. The maximum absolute atomic E-state index is 2.43. The predicted molar refractivity (Wildman–Crippen MR) is 254 cm³/mol. The van der Waals surface area contributed by atoms with Gasteiger partial charge in [-0.15, -0.1) is 11.3 Å². The van der Waals surface area contributed by atoms with Crippen molar-refractivity contribution in [1.29, 1.82) is 0 Å². The van der Waals surface area contributed by atoms with Crippen LogP contribution in [0.2, 0.25) is 0 Å². The fourth-order valence-electron chi connectivity index (χ4n) is 9.34. The molecule has 2 nitrogen and oxygen atoms in total. The SMILES string of the molecule is c1ccc(-c2c3c4cccc(-c5ccc(N(c6ccc(-c7cccc8ccccc78)cc6)c6cccc7c6sc6ccccc67)cc5)c4ccc3n3ccccc23)cc1.